The first-order valence-corrected chi connectivity index (χ1v) is 5.56. The molecule has 0 bridgehead atoms. The predicted molar refractivity (Wildman–Crippen MR) is 66.9 cm³/mol. The first kappa shape index (κ1) is 11.6. The number of halogens is 1. The Morgan fingerprint density at radius 1 is 1.35 bits per heavy atom. The van der Waals surface area contributed by atoms with Crippen LogP contribution in [0.2, 0.25) is 5.02 Å². The third kappa shape index (κ3) is 2.61. The smallest absolute Gasteiger partial charge is 0.203 e. The standard InChI is InChI=1S/C13H11ClN2O/c1-9-12(14)3-2-4-13(9)16-8-11-6-5-10(7-15)17-11/h2-6,16H,8H2,1H3. The van der Waals surface area contributed by atoms with Gasteiger partial charge in [0.25, 0.3) is 0 Å². The summed E-state index contributed by atoms with van der Waals surface area (Å²) in [5.41, 5.74) is 1.97. The van der Waals surface area contributed by atoms with Gasteiger partial charge in [-0.2, -0.15) is 5.26 Å². The van der Waals surface area contributed by atoms with Gasteiger partial charge in [-0.25, -0.2) is 0 Å². The highest BCUT2D eigenvalue weighted by Gasteiger charge is 2.04. The molecule has 1 heterocycles. The van der Waals surface area contributed by atoms with Crippen LogP contribution in [0.4, 0.5) is 5.69 Å². The van der Waals surface area contributed by atoms with Crippen molar-refractivity contribution in [3.05, 3.63) is 52.4 Å². The molecule has 0 aliphatic rings. The van der Waals surface area contributed by atoms with Gasteiger partial charge in [0.2, 0.25) is 5.76 Å². The van der Waals surface area contributed by atoms with Crippen LogP contribution in [0.15, 0.2) is 34.7 Å². The number of hydrogen-bond donors (Lipinski definition) is 1. The minimum atomic E-state index is 0.324. The minimum Gasteiger partial charge on any atom is -0.449 e. The molecule has 2 aromatic rings. The number of nitrogens with one attached hydrogen (secondary N) is 1. The molecule has 86 valence electrons. The lowest BCUT2D eigenvalue weighted by atomic mass is 10.2. The van der Waals surface area contributed by atoms with Crippen LogP contribution >= 0.6 is 11.6 Å². The van der Waals surface area contributed by atoms with E-state index >= 15 is 0 Å². The fraction of sp³-hybridized carbons (Fsp3) is 0.154. The second-order valence-corrected chi connectivity index (χ2v) is 4.05. The molecule has 1 N–H and O–H groups in total. The monoisotopic (exact) mass is 246 g/mol. The first-order valence-electron chi connectivity index (χ1n) is 5.18. The van der Waals surface area contributed by atoms with Crippen LogP contribution in [0.25, 0.3) is 0 Å². The van der Waals surface area contributed by atoms with Gasteiger partial charge >= 0.3 is 0 Å². The summed E-state index contributed by atoms with van der Waals surface area (Å²) in [7, 11) is 0. The average molecular weight is 247 g/mol. The molecule has 0 atom stereocenters. The molecule has 0 saturated heterocycles. The fourth-order valence-corrected chi connectivity index (χ4v) is 1.69. The number of nitriles is 1. The molecule has 0 aliphatic carbocycles. The van der Waals surface area contributed by atoms with Crippen molar-refractivity contribution in [3.63, 3.8) is 0 Å². The van der Waals surface area contributed by atoms with Crippen molar-refractivity contribution in [1.29, 1.82) is 5.26 Å². The van der Waals surface area contributed by atoms with Crippen molar-refractivity contribution in [2.75, 3.05) is 5.32 Å². The Balaban J connectivity index is 2.07. The third-order valence-corrected chi connectivity index (χ3v) is 2.90. The van der Waals surface area contributed by atoms with Gasteiger partial charge in [0.1, 0.15) is 11.8 Å². The zero-order chi connectivity index (χ0) is 12.3. The molecule has 0 unspecified atom stereocenters. The number of benzene rings is 1. The van der Waals surface area contributed by atoms with E-state index in [1.807, 2.05) is 31.2 Å². The topological polar surface area (TPSA) is 49.0 Å². The van der Waals surface area contributed by atoms with Gasteiger partial charge in [0, 0.05) is 10.7 Å². The van der Waals surface area contributed by atoms with Crippen LogP contribution < -0.4 is 5.32 Å². The van der Waals surface area contributed by atoms with Crippen LogP contribution in [0.3, 0.4) is 0 Å². The molecule has 1 aromatic carbocycles. The highest BCUT2D eigenvalue weighted by Crippen LogP contribution is 2.23. The van der Waals surface area contributed by atoms with E-state index in [9.17, 15) is 0 Å². The van der Waals surface area contributed by atoms with Crippen LogP contribution in [0, 0.1) is 18.3 Å². The predicted octanol–water partition coefficient (Wildman–Crippen LogP) is 3.73. The van der Waals surface area contributed by atoms with E-state index in [2.05, 4.69) is 5.32 Å². The van der Waals surface area contributed by atoms with E-state index in [4.69, 9.17) is 21.3 Å². The summed E-state index contributed by atoms with van der Waals surface area (Å²) >= 11 is 6.02. The van der Waals surface area contributed by atoms with Crippen molar-refractivity contribution in [3.8, 4) is 6.07 Å². The maximum absolute atomic E-state index is 8.64. The Kier molecular flexibility index (Phi) is 3.36. The van der Waals surface area contributed by atoms with E-state index in [1.165, 1.54) is 0 Å². The van der Waals surface area contributed by atoms with Crippen LogP contribution in [-0.2, 0) is 6.54 Å². The lowest BCUT2D eigenvalue weighted by molar-refractivity contribution is 0.506. The minimum absolute atomic E-state index is 0.324. The number of rotatable bonds is 3. The van der Waals surface area contributed by atoms with Crippen molar-refractivity contribution < 1.29 is 4.42 Å². The summed E-state index contributed by atoms with van der Waals surface area (Å²) in [6, 6.07) is 11.1. The third-order valence-electron chi connectivity index (χ3n) is 2.49. The van der Waals surface area contributed by atoms with Crippen LogP contribution in [0.5, 0.6) is 0 Å². The molecular formula is C13H11ClN2O. The van der Waals surface area contributed by atoms with Crippen LogP contribution in [-0.4, -0.2) is 0 Å². The number of furan rings is 1. The van der Waals surface area contributed by atoms with Gasteiger partial charge in [-0.1, -0.05) is 17.7 Å². The fourth-order valence-electron chi connectivity index (χ4n) is 1.51. The molecule has 17 heavy (non-hydrogen) atoms. The second kappa shape index (κ2) is 4.94. The van der Waals surface area contributed by atoms with Crippen molar-refractivity contribution in [1.82, 2.24) is 0 Å². The second-order valence-electron chi connectivity index (χ2n) is 3.64. The Labute approximate surface area is 105 Å². The van der Waals surface area contributed by atoms with E-state index < -0.39 is 0 Å². The molecule has 0 spiro atoms. The van der Waals surface area contributed by atoms with Gasteiger partial charge in [-0.3, -0.25) is 0 Å². The molecular weight excluding hydrogens is 236 g/mol. The largest absolute Gasteiger partial charge is 0.449 e. The summed E-state index contributed by atoms with van der Waals surface area (Å²) < 4.78 is 5.27. The Hall–Kier alpha value is -1.92. The lowest BCUT2D eigenvalue weighted by Gasteiger charge is -2.08. The Morgan fingerprint density at radius 2 is 2.18 bits per heavy atom. The quantitative estimate of drug-likeness (QED) is 0.898. The van der Waals surface area contributed by atoms with Gasteiger partial charge < -0.3 is 9.73 Å². The zero-order valence-electron chi connectivity index (χ0n) is 9.33. The normalized spacial score (nSPS) is 9.94. The zero-order valence-corrected chi connectivity index (χ0v) is 10.1. The Bertz CT molecular complexity index is 569. The van der Waals surface area contributed by atoms with Gasteiger partial charge in [0.15, 0.2) is 0 Å². The molecule has 0 amide bonds. The van der Waals surface area contributed by atoms with Crippen molar-refractivity contribution in [2.45, 2.75) is 13.5 Å². The summed E-state index contributed by atoms with van der Waals surface area (Å²) in [6.45, 7) is 2.48. The van der Waals surface area contributed by atoms with E-state index in [0.29, 0.717) is 12.3 Å². The maximum Gasteiger partial charge on any atom is 0.203 e. The maximum atomic E-state index is 8.64. The summed E-state index contributed by atoms with van der Waals surface area (Å²) in [6.07, 6.45) is 0. The lowest BCUT2D eigenvalue weighted by Crippen LogP contribution is -2.00. The van der Waals surface area contributed by atoms with Crippen LogP contribution in [0.1, 0.15) is 17.1 Å². The highest BCUT2D eigenvalue weighted by molar-refractivity contribution is 6.31. The van der Waals surface area contributed by atoms with Gasteiger partial charge in [-0.15, -0.1) is 0 Å². The summed E-state index contributed by atoms with van der Waals surface area (Å²) in [4.78, 5) is 0. The molecule has 0 aliphatic heterocycles. The average Bonchev–Trinajstić information content (AvgIpc) is 2.79. The number of nitrogens with zero attached hydrogens (tertiary/aromatic N) is 1. The highest BCUT2D eigenvalue weighted by atomic mass is 35.5. The van der Waals surface area contributed by atoms with Gasteiger partial charge in [0.05, 0.1) is 6.54 Å². The SMILES string of the molecule is Cc1c(Cl)cccc1NCc1ccc(C#N)o1. The van der Waals surface area contributed by atoms with Gasteiger partial charge in [-0.05, 0) is 36.8 Å². The summed E-state index contributed by atoms with van der Waals surface area (Å²) in [5, 5.41) is 12.6. The number of anilines is 1. The van der Waals surface area contributed by atoms with Crippen molar-refractivity contribution in [2.24, 2.45) is 0 Å². The van der Waals surface area contributed by atoms with Crippen molar-refractivity contribution >= 4 is 17.3 Å². The molecule has 0 saturated carbocycles. The Morgan fingerprint density at radius 3 is 2.88 bits per heavy atom. The van der Waals surface area contributed by atoms with E-state index in [0.717, 1.165) is 22.0 Å². The number of hydrogen-bond acceptors (Lipinski definition) is 3. The molecule has 0 radical (unpaired) electrons. The van der Waals surface area contributed by atoms with E-state index in [-0.39, 0.29) is 0 Å². The first-order chi connectivity index (χ1) is 8.20. The molecule has 4 heteroatoms. The molecule has 2 rings (SSSR count). The van der Waals surface area contributed by atoms with E-state index in [1.54, 1.807) is 12.1 Å². The molecule has 0 fully saturated rings. The summed E-state index contributed by atoms with van der Waals surface area (Å²) in [5.74, 6) is 1.05. The molecule has 3 nitrogen and oxygen atoms in total. The molecule has 1 aromatic heterocycles.